The minimum Gasteiger partial charge on any atom is -0.329 e. The van der Waals surface area contributed by atoms with Crippen LogP contribution in [0.4, 0.5) is 5.82 Å². The van der Waals surface area contributed by atoms with Gasteiger partial charge in [-0.05, 0) is 35.9 Å². The van der Waals surface area contributed by atoms with Gasteiger partial charge in [-0.3, -0.25) is 9.67 Å². The van der Waals surface area contributed by atoms with E-state index >= 15 is 0 Å². The number of anilines is 1. The van der Waals surface area contributed by atoms with E-state index in [2.05, 4.69) is 32.6 Å². The van der Waals surface area contributed by atoms with Crippen molar-refractivity contribution in [3.8, 4) is 11.3 Å². The molecule has 0 aliphatic carbocycles. The predicted molar refractivity (Wildman–Crippen MR) is 89.7 cm³/mol. The van der Waals surface area contributed by atoms with Gasteiger partial charge in [0.05, 0.1) is 5.69 Å². The van der Waals surface area contributed by atoms with Crippen LogP contribution in [0.3, 0.4) is 0 Å². The highest BCUT2D eigenvalue weighted by atomic mass is 15.2. The summed E-state index contributed by atoms with van der Waals surface area (Å²) in [6.07, 6.45) is 13.1. The zero-order valence-electron chi connectivity index (χ0n) is 12.4. The van der Waals surface area contributed by atoms with Crippen LogP contribution in [0.15, 0.2) is 72.3 Å². The van der Waals surface area contributed by atoms with E-state index in [0.717, 1.165) is 23.6 Å². The van der Waals surface area contributed by atoms with Gasteiger partial charge in [-0.15, -0.1) is 0 Å². The van der Waals surface area contributed by atoms with Gasteiger partial charge >= 0.3 is 0 Å². The second kappa shape index (κ2) is 6.22. The topological polar surface area (TPSA) is 46.3 Å². The average Bonchev–Trinajstić information content (AvgIpc) is 3.17. The zero-order chi connectivity index (χ0) is 15.4. The molecule has 5 nitrogen and oxygen atoms in total. The zero-order valence-corrected chi connectivity index (χ0v) is 12.4. The summed E-state index contributed by atoms with van der Waals surface area (Å²) in [6, 6.07) is 6.03. The summed E-state index contributed by atoms with van der Waals surface area (Å²) >= 11 is 0. The summed E-state index contributed by atoms with van der Waals surface area (Å²) < 4.78 is 1.79. The second-order valence-corrected chi connectivity index (χ2v) is 4.95. The van der Waals surface area contributed by atoms with E-state index in [4.69, 9.17) is 0 Å². The molecular weight excluding hydrogens is 274 g/mol. The number of aliphatic imine (C=N–C) groups is 1. The molecule has 1 aliphatic heterocycles. The molecule has 1 aliphatic rings. The number of pyridine rings is 1. The molecule has 5 heteroatoms. The van der Waals surface area contributed by atoms with E-state index in [0.29, 0.717) is 0 Å². The van der Waals surface area contributed by atoms with Gasteiger partial charge in [0, 0.05) is 50.2 Å². The van der Waals surface area contributed by atoms with Gasteiger partial charge in [0.2, 0.25) is 0 Å². The summed E-state index contributed by atoms with van der Waals surface area (Å²) in [6.45, 7) is 4.34. The average molecular weight is 291 g/mol. The van der Waals surface area contributed by atoms with Crippen molar-refractivity contribution < 1.29 is 0 Å². The summed E-state index contributed by atoms with van der Waals surface area (Å²) in [5.74, 6) is 0.917. The Hall–Kier alpha value is -2.95. The third-order valence-electron chi connectivity index (χ3n) is 3.35. The number of aromatic nitrogens is 3. The molecule has 22 heavy (non-hydrogen) atoms. The number of hydrogen-bond acceptors (Lipinski definition) is 4. The maximum absolute atomic E-state index is 4.53. The molecule has 110 valence electrons. The summed E-state index contributed by atoms with van der Waals surface area (Å²) in [7, 11) is 1.91. The molecule has 2 aromatic heterocycles. The van der Waals surface area contributed by atoms with Crippen molar-refractivity contribution in [3.63, 3.8) is 0 Å². The Kier molecular flexibility index (Phi) is 3.96. The molecule has 0 N–H and O–H groups in total. The van der Waals surface area contributed by atoms with Crippen LogP contribution in [-0.4, -0.2) is 27.5 Å². The molecule has 0 aromatic carbocycles. The minimum atomic E-state index is 0.791. The molecule has 0 fully saturated rings. The molecular formula is C17H17N5. The van der Waals surface area contributed by atoms with Crippen LogP contribution < -0.4 is 4.90 Å². The standard InChI is InChI=1S/C17H17N5/c1-3-18-9-6-14-7-11-22(13-14)17-5-4-15(12-19-17)16-8-10-21(2)20-16/h3-12H,1,13H2,2H3/b14-6-,18-9?. The minimum absolute atomic E-state index is 0.791. The van der Waals surface area contributed by atoms with E-state index in [1.807, 2.05) is 49.9 Å². The first-order valence-electron chi connectivity index (χ1n) is 7.00. The molecule has 0 unspecified atom stereocenters. The van der Waals surface area contributed by atoms with Gasteiger partial charge in [-0.2, -0.15) is 5.10 Å². The first-order chi connectivity index (χ1) is 10.8. The van der Waals surface area contributed by atoms with Crippen molar-refractivity contribution in [1.29, 1.82) is 0 Å². The molecule has 0 amide bonds. The fraction of sp³-hybridized carbons (Fsp3) is 0.118. The number of hydrogen-bond donors (Lipinski definition) is 0. The smallest absolute Gasteiger partial charge is 0.132 e. The Morgan fingerprint density at radius 1 is 1.32 bits per heavy atom. The Morgan fingerprint density at radius 3 is 2.91 bits per heavy atom. The third-order valence-corrected chi connectivity index (χ3v) is 3.35. The summed E-state index contributed by atoms with van der Waals surface area (Å²) in [5.41, 5.74) is 3.13. The number of rotatable bonds is 4. The van der Waals surface area contributed by atoms with Crippen LogP contribution >= 0.6 is 0 Å². The lowest BCUT2D eigenvalue weighted by Crippen LogP contribution is -2.14. The molecule has 0 saturated carbocycles. The molecule has 0 atom stereocenters. The SMILES string of the molecule is C=CN=C/C=C1/C=CN(c2ccc(-c3ccn(C)n3)cn2)C1. The largest absolute Gasteiger partial charge is 0.329 e. The molecule has 2 aromatic rings. The predicted octanol–water partition coefficient (Wildman–Crippen LogP) is 2.96. The number of allylic oxidation sites excluding steroid dienone is 1. The lowest BCUT2D eigenvalue weighted by Gasteiger charge is -2.14. The first-order valence-corrected chi connectivity index (χ1v) is 7.00. The van der Waals surface area contributed by atoms with Gasteiger partial charge in [-0.1, -0.05) is 6.58 Å². The quantitative estimate of drug-likeness (QED) is 0.814. The fourth-order valence-corrected chi connectivity index (χ4v) is 2.23. The van der Waals surface area contributed by atoms with Crippen LogP contribution in [-0.2, 0) is 7.05 Å². The van der Waals surface area contributed by atoms with E-state index in [1.165, 1.54) is 11.8 Å². The third kappa shape index (κ3) is 3.03. The maximum atomic E-state index is 4.53. The molecule has 0 bridgehead atoms. The molecule has 0 saturated heterocycles. The van der Waals surface area contributed by atoms with E-state index < -0.39 is 0 Å². The van der Waals surface area contributed by atoms with E-state index in [9.17, 15) is 0 Å². The maximum Gasteiger partial charge on any atom is 0.132 e. The van der Waals surface area contributed by atoms with Crippen molar-refractivity contribution in [2.75, 3.05) is 11.4 Å². The highest BCUT2D eigenvalue weighted by molar-refractivity contribution is 5.74. The molecule has 0 spiro atoms. The Balaban J connectivity index is 1.72. The number of nitrogens with zero attached hydrogens (tertiary/aromatic N) is 5. The molecule has 3 heterocycles. The van der Waals surface area contributed by atoms with Gasteiger partial charge in [0.1, 0.15) is 5.82 Å². The van der Waals surface area contributed by atoms with Crippen LogP contribution in [0.25, 0.3) is 11.3 Å². The summed E-state index contributed by atoms with van der Waals surface area (Å²) in [4.78, 5) is 10.6. The van der Waals surface area contributed by atoms with E-state index in [1.54, 1.807) is 10.9 Å². The van der Waals surface area contributed by atoms with Gasteiger partial charge in [0.15, 0.2) is 0 Å². The van der Waals surface area contributed by atoms with Crippen molar-refractivity contribution in [1.82, 2.24) is 14.8 Å². The monoisotopic (exact) mass is 291 g/mol. The lowest BCUT2D eigenvalue weighted by atomic mass is 10.2. The van der Waals surface area contributed by atoms with Crippen LogP contribution in [0, 0.1) is 0 Å². The van der Waals surface area contributed by atoms with Gasteiger partial charge < -0.3 is 4.90 Å². The highest BCUT2D eigenvalue weighted by Gasteiger charge is 2.12. The van der Waals surface area contributed by atoms with Gasteiger partial charge in [0.25, 0.3) is 0 Å². The first kappa shape index (κ1) is 14.0. The van der Waals surface area contributed by atoms with Crippen molar-refractivity contribution in [2.24, 2.45) is 12.0 Å². The lowest BCUT2D eigenvalue weighted by molar-refractivity contribution is 0.771. The van der Waals surface area contributed by atoms with Crippen LogP contribution in [0.1, 0.15) is 0 Å². The Bertz CT molecular complexity index is 750. The molecule has 3 rings (SSSR count). The van der Waals surface area contributed by atoms with Gasteiger partial charge in [-0.25, -0.2) is 4.98 Å². The molecule has 0 radical (unpaired) electrons. The van der Waals surface area contributed by atoms with Crippen molar-refractivity contribution in [3.05, 3.63) is 67.3 Å². The fourth-order valence-electron chi connectivity index (χ4n) is 2.23. The van der Waals surface area contributed by atoms with Crippen molar-refractivity contribution in [2.45, 2.75) is 0 Å². The normalized spacial score (nSPS) is 16.0. The van der Waals surface area contributed by atoms with Crippen LogP contribution in [0.2, 0.25) is 0 Å². The Labute approximate surface area is 129 Å². The Morgan fingerprint density at radius 2 is 2.23 bits per heavy atom. The summed E-state index contributed by atoms with van der Waals surface area (Å²) in [5, 5.41) is 4.38. The highest BCUT2D eigenvalue weighted by Crippen LogP contribution is 2.22. The number of aryl methyl sites for hydroxylation is 1. The van der Waals surface area contributed by atoms with Crippen molar-refractivity contribution >= 4 is 12.0 Å². The second-order valence-electron chi connectivity index (χ2n) is 4.95. The van der Waals surface area contributed by atoms with E-state index in [-0.39, 0.29) is 0 Å². The van der Waals surface area contributed by atoms with Crippen LogP contribution in [0.5, 0.6) is 0 Å².